The molecule has 214 valence electrons. The summed E-state index contributed by atoms with van der Waals surface area (Å²) in [7, 11) is 0. The van der Waals surface area contributed by atoms with Gasteiger partial charge in [0, 0.05) is 37.1 Å². The number of aryl methyl sites for hydroxylation is 1. The molecule has 0 radical (unpaired) electrons. The van der Waals surface area contributed by atoms with Crippen LogP contribution in [0.15, 0.2) is 29.9 Å². The molecule has 3 aromatic rings. The highest BCUT2D eigenvalue weighted by molar-refractivity contribution is 7.17. The number of anilines is 1. The predicted octanol–water partition coefficient (Wildman–Crippen LogP) is 5.38. The zero-order chi connectivity index (χ0) is 29.5. The Morgan fingerprint density at radius 3 is 1.95 bits per heavy atom. The summed E-state index contributed by atoms with van der Waals surface area (Å²) in [6.07, 6.45) is -8.45. The largest absolute Gasteiger partial charge is 0.490 e. The first-order valence-electron chi connectivity index (χ1n) is 11.4. The minimum Gasteiger partial charge on any atom is -0.475 e. The molecule has 0 aliphatic carbocycles. The number of hydrogen-bond acceptors (Lipinski definition) is 7. The van der Waals surface area contributed by atoms with E-state index in [1.54, 1.807) is 17.7 Å². The second-order valence-electron chi connectivity index (χ2n) is 8.30. The Morgan fingerprint density at radius 2 is 1.46 bits per heavy atom. The lowest BCUT2D eigenvalue weighted by Crippen LogP contribution is -2.46. The van der Waals surface area contributed by atoms with Gasteiger partial charge in [0.2, 0.25) is 0 Å². The molecule has 4 rings (SSSR count). The molecule has 1 aromatic carbocycles. The van der Waals surface area contributed by atoms with Crippen molar-refractivity contribution >= 4 is 39.3 Å². The number of benzene rings is 1. The Hall–Kier alpha value is -3.46. The molecule has 0 atom stereocenters. The molecule has 2 N–H and O–H groups in total. The zero-order valence-corrected chi connectivity index (χ0v) is 21.9. The van der Waals surface area contributed by atoms with Crippen molar-refractivity contribution in [3.8, 4) is 11.1 Å². The first-order valence-corrected chi connectivity index (χ1v) is 12.3. The van der Waals surface area contributed by atoms with E-state index in [9.17, 15) is 26.3 Å². The highest BCUT2D eigenvalue weighted by Gasteiger charge is 2.38. The van der Waals surface area contributed by atoms with E-state index in [0.29, 0.717) is 0 Å². The van der Waals surface area contributed by atoms with Crippen molar-refractivity contribution in [2.75, 3.05) is 37.6 Å². The van der Waals surface area contributed by atoms with E-state index in [1.807, 2.05) is 0 Å². The SMILES string of the molecule is CCN1CCN(c2ncnc3scc(-c4cccc(C)c4C)c23)CC1.O=C(O)C(F)(F)F.O=C(O)C(F)(F)F. The number of piperazine rings is 1. The monoisotopic (exact) mass is 580 g/mol. The van der Waals surface area contributed by atoms with E-state index >= 15 is 0 Å². The van der Waals surface area contributed by atoms with Crippen LogP contribution in [0.3, 0.4) is 0 Å². The molecule has 8 nitrogen and oxygen atoms in total. The van der Waals surface area contributed by atoms with E-state index in [-0.39, 0.29) is 0 Å². The molecule has 1 aliphatic rings. The molecule has 0 amide bonds. The molecule has 0 saturated carbocycles. The van der Waals surface area contributed by atoms with Crippen LogP contribution < -0.4 is 4.90 Å². The van der Waals surface area contributed by atoms with E-state index in [1.165, 1.54) is 27.6 Å². The number of rotatable bonds is 3. The number of alkyl halides is 6. The van der Waals surface area contributed by atoms with Gasteiger partial charge in [0.25, 0.3) is 0 Å². The maximum absolute atomic E-state index is 10.6. The maximum Gasteiger partial charge on any atom is 0.490 e. The van der Waals surface area contributed by atoms with E-state index in [2.05, 4.69) is 59.1 Å². The molecular formula is C24H26F6N4O4S. The summed E-state index contributed by atoms with van der Waals surface area (Å²) in [6, 6.07) is 6.54. The van der Waals surface area contributed by atoms with Gasteiger partial charge < -0.3 is 20.0 Å². The molecule has 0 unspecified atom stereocenters. The minimum atomic E-state index is -5.08. The van der Waals surface area contributed by atoms with Crippen molar-refractivity contribution in [2.24, 2.45) is 0 Å². The van der Waals surface area contributed by atoms with Crippen molar-refractivity contribution in [3.63, 3.8) is 0 Å². The van der Waals surface area contributed by atoms with Gasteiger partial charge in [0.1, 0.15) is 17.0 Å². The topological polar surface area (TPSA) is 107 Å². The van der Waals surface area contributed by atoms with Gasteiger partial charge in [-0.3, -0.25) is 0 Å². The molecule has 15 heteroatoms. The minimum absolute atomic E-state index is 1.03. The Labute approximate surface area is 223 Å². The summed E-state index contributed by atoms with van der Waals surface area (Å²) < 4.78 is 63.5. The lowest BCUT2D eigenvalue weighted by Gasteiger charge is -2.35. The maximum atomic E-state index is 10.6. The van der Waals surface area contributed by atoms with Crippen molar-refractivity contribution in [3.05, 3.63) is 41.0 Å². The first kappa shape index (κ1) is 31.8. The number of thiophene rings is 1. The molecule has 0 spiro atoms. The lowest BCUT2D eigenvalue weighted by atomic mass is 9.97. The fraction of sp³-hybridized carbons (Fsp3) is 0.417. The summed E-state index contributed by atoms with van der Waals surface area (Å²) in [4.78, 5) is 33.0. The van der Waals surface area contributed by atoms with Crippen LogP contribution in [0.1, 0.15) is 18.1 Å². The van der Waals surface area contributed by atoms with Gasteiger partial charge in [0.05, 0.1) is 5.39 Å². The first-order chi connectivity index (χ1) is 18.1. The third-order valence-corrected chi connectivity index (χ3v) is 6.74. The van der Waals surface area contributed by atoms with Gasteiger partial charge in [-0.15, -0.1) is 11.3 Å². The molecule has 39 heavy (non-hydrogen) atoms. The van der Waals surface area contributed by atoms with E-state index < -0.39 is 24.3 Å². The van der Waals surface area contributed by atoms with Crippen LogP contribution in [0.5, 0.6) is 0 Å². The Morgan fingerprint density at radius 1 is 0.923 bits per heavy atom. The van der Waals surface area contributed by atoms with Gasteiger partial charge in [-0.25, -0.2) is 19.6 Å². The standard InChI is InChI=1S/C20H24N4S.2C2HF3O2/c1-4-23-8-10-24(11-9-23)19-18-17(12-25-20(18)22-13-21-19)16-7-5-6-14(2)15(16)3;2*3-2(4,5)1(6)7/h5-7,12-13H,4,8-11H2,1-3H3;2*(H,6,7). The van der Waals surface area contributed by atoms with Gasteiger partial charge >= 0.3 is 24.3 Å². The Kier molecular flexibility index (Phi) is 10.6. The number of nitrogens with zero attached hydrogens (tertiary/aromatic N) is 4. The van der Waals surface area contributed by atoms with E-state index in [0.717, 1.165) is 43.4 Å². The number of likely N-dealkylation sites (N-methyl/N-ethyl adjacent to an activating group) is 1. The van der Waals surface area contributed by atoms with Crippen molar-refractivity contribution < 1.29 is 46.1 Å². The third kappa shape index (κ3) is 8.51. The Bertz CT molecular complexity index is 1260. The summed E-state index contributed by atoms with van der Waals surface area (Å²) in [5, 5.41) is 17.7. The smallest absolute Gasteiger partial charge is 0.475 e. The number of carboxylic acids is 2. The lowest BCUT2D eigenvalue weighted by molar-refractivity contribution is -0.193. The second kappa shape index (κ2) is 13.1. The van der Waals surface area contributed by atoms with Gasteiger partial charge in [-0.1, -0.05) is 25.1 Å². The van der Waals surface area contributed by atoms with Crippen molar-refractivity contribution in [1.29, 1.82) is 0 Å². The fourth-order valence-corrected chi connectivity index (χ4v) is 4.52. The number of carbonyl (C=O) groups is 2. The van der Waals surface area contributed by atoms with Crippen LogP contribution in [0, 0.1) is 13.8 Å². The molecule has 2 aromatic heterocycles. The number of carboxylic acid groups (broad SMARTS) is 2. The normalized spacial score (nSPS) is 14.2. The molecule has 1 fully saturated rings. The predicted molar refractivity (Wildman–Crippen MR) is 134 cm³/mol. The molecule has 0 bridgehead atoms. The average Bonchev–Trinajstić information content (AvgIpc) is 3.29. The van der Waals surface area contributed by atoms with Crippen LogP contribution in [0.2, 0.25) is 0 Å². The Balaban J connectivity index is 0.000000317. The summed E-state index contributed by atoms with van der Waals surface area (Å²) in [6.45, 7) is 12.0. The molecule has 3 heterocycles. The summed E-state index contributed by atoms with van der Waals surface area (Å²) in [5.74, 6) is -4.42. The zero-order valence-electron chi connectivity index (χ0n) is 21.1. The second-order valence-corrected chi connectivity index (χ2v) is 9.16. The number of halogens is 6. The molecule has 1 aliphatic heterocycles. The van der Waals surface area contributed by atoms with Gasteiger partial charge in [-0.05, 0) is 37.1 Å². The number of hydrogen-bond donors (Lipinski definition) is 2. The quantitative estimate of drug-likeness (QED) is 0.398. The highest BCUT2D eigenvalue weighted by Crippen LogP contribution is 2.39. The van der Waals surface area contributed by atoms with Crippen LogP contribution in [-0.4, -0.2) is 82.1 Å². The number of fused-ring (bicyclic) bond motifs is 1. The van der Waals surface area contributed by atoms with Crippen LogP contribution in [-0.2, 0) is 9.59 Å². The van der Waals surface area contributed by atoms with E-state index in [4.69, 9.17) is 24.8 Å². The summed E-state index contributed by atoms with van der Waals surface area (Å²) in [5.41, 5.74) is 5.24. The van der Waals surface area contributed by atoms with Crippen molar-refractivity contribution in [1.82, 2.24) is 14.9 Å². The van der Waals surface area contributed by atoms with Crippen LogP contribution >= 0.6 is 11.3 Å². The van der Waals surface area contributed by atoms with Gasteiger partial charge in [-0.2, -0.15) is 26.3 Å². The van der Waals surface area contributed by atoms with Gasteiger partial charge in [0.15, 0.2) is 0 Å². The van der Waals surface area contributed by atoms with Crippen LogP contribution in [0.4, 0.5) is 32.2 Å². The summed E-state index contributed by atoms with van der Waals surface area (Å²) >= 11 is 1.72. The van der Waals surface area contributed by atoms with Crippen molar-refractivity contribution in [2.45, 2.75) is 33.1 Å². The average molecular weight is 581 g/mol. The number of aromatic nitrogens is 2. The van der Waals surface area contributed by atoms with Crippen LogP contribution in [0.25, 0.3) is 21.3 Å². The third-order valence-electron chi connectivity index (χ3n) is 5.85. The fourth-order valence-electron chi connectivity index (χ4n) is 3.62. The number of aliphatic carboxylic acids is 2. The molecular weight excluding hydrogens is 554 g/mol. The highest BCUT2D eigenvalue weighted by atomic mass is 32.1. The molecule has 1 saturated heterocycles.